The number of anilines is 1. The molecular formula is C20H23N7O4S. The van der Waals surface area contributed by atoms with E-state index in [1.807, 2.05) is 6.07 Å². The molecule has 2 aromatic rings. The number of benzene rings is 2. The summed E-state index contributed by atoms with van der Waals surface area (Å²) in [4.78, 5) is 12.9. The van der Waals surface area contributed by atoms with Crippen LogP contribution in [0.25, 0.3) is 0 Å². The molecule has 0 unspecified atom stereocenters. The maximum atomic E-state index is 12.9. The highest BCUT2D eigenvalue weighted by atomic mass is 32.2. The Hall–Kier alpha value is -3.50. The number of hydrogen-bond donors (Lipinski definition) is 3. The molecule has 12 heteroatoms. The molecule has 0 saturated carbocycles. The number of ether oxygens (including phenoxy) is 1. The Morgan fingerprint density at radius 3 is 2.62 bits per heavy atom. The third-order valence-electron chi connectivity index (χ3n) is 4.64. The Kier molecular flexibility index (Phi) is 7.06. The Morgan fingerprint density at radius 1 is 1.25 bits per heavy atom. The lowest BCUT2D eigenvalue weighted by molar-refractivity contribution is 0.0730. The molecule has 0 aliphatic carbocycles. The van der Waals surface area contributed by atoms with Crippen molar-refractivity contribution in [3.05, 3.63) is 59.2 Å². The number of hydrogen-bond acceptors (Lipinski definition) is 8. The van der Waals surface area contributed by atoms with Gasteiger partial charge in [0.05, 0.1) is 35.4 Å². The van der Waals surface area contributed by atoms with Gasteiger partial charge < -0.3 is 15.8 Å². The van der Waals surface area contributed by atoms with Gasteiger partial charge >= 0.3 is 0 Å². The third kappa shape index (κ3) is 5.21. The highest BCUT2D eigenvalue weighted by Gasteiger charge is 2.27. The number of carbonyl (C=O) groups excluding carboxylic acids is 1. The van der Waals surface area contributed by atoms with Crippen LogP contribution in [-0.4, -0.2) is 62.9 Å². The van der Waals surface area contributed by atoms with Crippen LogP contribution in [0.3, 0.4) is 0 Å². The van der Waals surface area contributed by atoms with Gasteiger partial charge in [-0.1, -0.05) is 6.07 Å². The predicted octanol–water partition coefficient (Wildman–Crippen LogP) is 0.257. The van der Waals surface area contributed by atoms with Crippen LogP contribution in [0.5, 0.6) is 0 Å². The summed E-state index contributed by atoms with van der Waals surface area (Å²) in [7, 11) is -2.28. The summed E-state index contributed by atoms with van der Waals surface area (Å²) in [5.41, 5.74) is 7.01. The first-order chi connectivity index (χ1) is 15.2. The zero-order valence-corrected chi connectivity index (χ0v) is 18.2. The maximum absolute atomic E-state index is 12.9. The minimum atomic E-state index is -3.76. The highest BCUT2D eigenvalue weighted by Crippen LogP contribution is 2.21. The lowest BCUT2D eigenvalue weighted by Gasteiger charge is -2.26. The molecule has 0 radical (unpaired) electrons. The monoisotopic (exact) mass is 457 g/mol. The molecular weight excluding hydrogens is 434 g/mol. The van der Waals surface area contributed by atoms with Crippen molar-refractivity contribution in [1.29, 1.82) is 5.26 Å². The molecule has 2 aromatic carbocycles. The van der Waals surface area contributed by atoms with E-state index in [1.165, 1.54) is 53.8 Å². The summed E-state index contributed by atoms with van der Waals surface area (Å²) >= 11 is 0. The second-order valence-electron chi connectivity index (χ2n) is 6.93. The van der Waals surface area contributed by atoms with Gasteiger partial charge in [0.25, 0.3) is 5.91 Å². The molecule has 0 spiro atoms. The average Bonchev–Trinajstić information content (AvgIpc) is 2.79. The fraction of sp³-hybridized carbons (Fsp3) is 0.250. The number of hydrazine groups is 1. The van der Waals surface area contributed by atoms with Gasteiger partial charge in [-0.25, -0.2) is 19.4 Å². The average molecular weight is 458 g/mol. The fourth-order valence-corrected chi connectivity index (χ4v) is 4.54. The molecule has 1 heterocycles. The molecule has 0 atom stereocenters. The molecule has 1 saturated heterocycles. The summed E-state index contributed by atoms with van der Waals surface area (Å²) in [5, 5.41) is 16.8. The first-order valence-electron chi connectivity index (χ1n) is 9.58. The van der Waals surface area contributed by atoms with Crippen molar-refractivity contribution in [2.24, 2.45) is 16.7 Å². The first-order valence-corrected chi connectivity index (χ1v) is 11.0. The molecule has 5 N–H and O–H groups in total. The Balaban J connectivity index is 1.90. The van der Waals surface area contributed by atoms with E-state index in [2.05, 4.69) is 10.4 Å². The van der Waals surface area contributed by atoms with Gasteiger partial charge in [-0.05, 0) is 36.4 Å². The first kappa shape index (κ1) is 23.2. The van der Waals surface area contributed by atoms with Crippen LogP contribution in [0.4, 0.5) is 5.69 Å². The molecule has 3 rings (SSSR count). The molecule has 0 bridgehead atoms. The number of rotatable bonds is 6. The second-order valence-corrected chi connectivity index (χ2v) is 8.87. The number of nitrogens with zero attached hydrogens (tertiary/aromatic N) is 4. The minimum Gasteiger partial charge on any atom is -0.382 e. The van der Waals surface area contributed by atoms with Crippen molar-refractivity contribution < 1.29 is 17.9 Å². The van der Waals surface area contributed by atoms with Gasteiger partial charge in [0, 0.05) is 31.3 Å². The summed E-state index contributed by atoms with van der Waals surface area (Å²) in [5.74, 6) is 4.95. The molecule has 1 aliphatic rings. The van der Waals surface area contributed by atoms with Crippen molar-refractivity contribution >= 4 is 27.5 Å². The fourth-order valence-electron chi connectivity index (χ4n) is 3.09. The number of morpholine rings is 1. The van der Waals surface area contributed by atoms with Crippen molar-refractivity contribution in [3.63, 3.8) is 0 Å². The molecule has 1 amide bonds. The van der Waals surface area contributed by atoms with Crippen LogP contribution in [0.2, 0.25) is 0 Å². The second kappa shape index (κ2) is 9.75. The van der Waals surface area contributed by atoms with Crippen molar-refractivity contribution in [3.8, 4) is 6.07 Å². The standard InChI is InChI=1S/C20H23N7O4S/c1-26(23)25-19(22)17-11-14(13-21)5-6-18(17)24-20(28)15-3-2-4-16(12-15)32(29,30)27-7-9-31-10-8-27/h2-6,11-12H,7-10,23H2,1H3,(H2,22,25)(H,24,28). The van der Waals surface area contributed by atoms with E-state index < -0.39 is 15.9 Å². The number of nitrogens with one attached hydrogen (secondary N) is 1. The van der Waals surface area contributed by atoms with E-state index in [0.29, 0.717) is 30.0 Å². The van der Waals surface area contributed by atoms with Crippen LogP contribution in [-0.2, 0) is 14.8 Å². The van der Waals surface area contributed by atoms with E-state index >= 15 is 0 Å². The SMILES string of the molecule is CN(N)/N=C(\N)c1cc(C#N)ccc1NC(=O)c1cccc(S(=O)(=O)N2CCOCC2)c1. The van der Waals surface area contributed by atoms with E-state index in [4.69, 9.17) is 21.6 Å². The minimum absolute atomic E-state index is 0.00829. The number of nitrogens with two attached hydrogens (primary N) is 2. The Labute approximate surface area is 185 Å². The van der Waals surface area contributed by atoms with E-state index in [-0.39, 0.29) is 29.4 Å². The van der Waals surface area contributed by atoms with Gasteiger partial charge in [0.2, 0.25) is 10.0 Å². The van der Waals surface area contributed by atoms with E-state index in [1.54, 1.807) is 0 Å². The third-order valence-corrected chi connectivity index (χ3v) is 6.54. The molecule has 1 aliphatic heterocycles. The van der Waals surface area contributed by atoms with Crippen LogP contribution < -0.4 is 16.9 Å². The normalized spacial score (nSPS) is 15.1. The van der Waals surface area contributed by atoms with Crippen molar-refractivity contribution in [2.45, 2.75) is 4.90 Å². The Bertz CT molecular complexity index is 1180. The summed E-state index contributed by atoms with van der Waals surface area (Å²) in [6, 6.07) is 12.2. The number of hydrazone groups is 1. The maximum Gasteiger partial charge on any atom is 0.255 e. The van der Waals surface area contributed by atoms with Gasteiger partial charge in [-0.15, -0.1) is 5.10 Å². The Morgan fingerprint density at radius 2 is 1.97 bits per heavy atom. The summed E-state index contributed by atoms with van der Waals surface area (Å²) in [6.45, 7) is 1.15. The van der Waals surface area contributed by atoms with Crippen LogP contribution in [0.1, 0.15) is 21.5 Å². The van der Waals surface area contributed by atoms with Gasteiger partial charge in [-0.3, -0.25) is 4.79 Å². The highest BCUT2D eigenvalue weighted by molar-refractivity contribution is 7.89. The summed E-state index contributed by atoms with van der Waals surface area (Å²) in [6.07, 6.45) is 0. The largest absolute Gasteiger partial charge is 0.382 e. The zero-order chi connectivity index (χ0) is 23.3. The lowest BCUT2D eigenvalue weighted by Crippen LogP contribution is -2.40. The lowest BCUT2D eigenvalue weighted by atomic mass is 10.1. The smallest absolute Gasteiger partial charge is 0.255 e. The van der Waals surface area contributed by atoms with E-state index in [0.717, 1.165) is 5.12 Å². The van der Waals surface area contributed by atoms with E-state index in [9.17, 15) is 13.2 Å². The number of nitriles is 1. The summed E-state index contributed by atoms with van der Waals surface area (Å²) < 4.78 is 32.3. The molecule has 168 valence electrons. The van der Waals surface area contributed by atoms with Gasteiger partial charge in [-0.2, -0.15) is 9.57 Å². The van der Waals surface area contributed by atoms with Gasteiger partial charge in [0.15, 0.2) is 5.84 Å². The van der Waals surface area contributed by atoms with Crippen molar-refractivity contribution in [1.82, 2.24) is 9.42 Å². The quantitative estimate of drug-likeness (QED) is 0.240. The number of amides is 1. The number of carbonyl (C=O) groups is 1. The number of sulfonamides is 1. The molecule has 32 heavy (non-hydrogen) atoms. The molecule has 11 nitrogen and oxygen atoms in total. The van der Waals surface area contributed by atoms with Gasteiger partial charge in [0.1, 0.15) is 0 Å². The number of amidine groups is 1. The topological polar surface area (TPSA) is 167 Å². The predicted molar refractivity (Wildman–Crippen MR) is 118 cm³/mol. The van der Waals surface area contributed by atoms with Crippen molar-refractivity contribution in [2.75, 3.05) is 38.7 Å². The molecule has 0 aromatic heterocycles. The zero-order valence-electron chi connectivity index (χ0n) is 17.4. The molecule has 1 fully saturated rings. The van der Waals surface area contributed by atoms with Crippen LogP contribution in [0.15, 0.2) is 52.5 Å². The van der Waals surface area contributed by atoms with Crippen LogP contribution >= 0.6 is 0 Å². The van der Waals surface area contributed by atoms with Crippen LogP contribution in [0, 0.1) is 11.3 Å².